The van der Waals surface area contributed by atoms with Crippen LogP contribution in [0.5, 0.6) is 0 Å². The second kappa shape index (κ2) is 8.41. The molecule has 7 heteroatoms. The molecule has 0 radical (unpaired) electrons. The topological polar surface area (TPSA) is 101 Å². The molecule has 0 aliphatic rings. The lowest BCUT2D eigenvalue weighted by Crippen LogP contribution is -2.34. The molecule has 0 spiro atoms. The minimum Gasteiger partial charge on any atom is -0.394 e. The third kappa shape index (κ3) is 4.82. The molecule has 0 saturated heterocycles. The SMILES string of the molecule is CCN(CCOCCO)C(=O)c1ccc(NN)cn1. The molecule has 0 fully saturated rings. The van der Waals surface area contributed by atoms with Crippen LogP contribution in [0.1, 0.15) is 17.4 Å². The van der Waals surface area contributed by atoms with Gasteiger partial charge in [-0.3, -0.25) is 10.6 Å². The zero-order valence-electron chi connectivity index (χ0n) is 11.0. The van der Waals surface area contributed by atoms with E-state index in [1.165, 1.54) is 6.20 Å². The van der Waals surface area contributed by atoms with Gasteiger partial charge in [0.05, 0.1) is 31.7 Å². The lowest BCUT2D eigenvalue weighted by atomic mass is 10.3. The van der Waals surface area contributed by atoms with Crippen molar-refractivity contribution in [3.8, 4) is 0 Å². The Kier molecular flexibility index (Phi) is 6.80. The summed E-state index contributed by atoms with van der Waals surface area (Å²) in [6.45, 7) is 3.58. The number of likely N-dealkylation sites (N-methyl/N-ethyl adjacent to an activating group) is 1. The van der Waals surface area contributed by atoms with Gasteiger partial charge in [-0.1, -0.05) is 0 Å². The number of carbonyl (C=O) groups is 1. The summed E-state index contributed by atoms with van der Waals surface area (Å²) < 4.78 is 5.15. The van der Waals surface area contributed by atoms with Gasteiger partial charge in [-0.15, -0.1) is 0 Å². The molecule has 1 rings (SSSR count). The predicted octanol–water partition coefficient (Wildman–Crippen LogP) is -0.162. The highest BCUT2D eigenvalue weighted by atomic mass is 16.5. The molecule has 1 aromatic heterocycles. The van der Waals surface area contributed by atoms with E-state index in [0.717, 1.165) is 0 Å². The maximum absolute atomic E-state index is 12.1. The molecule has 0 unspecified atom stereocenters. The number of rotatable bonds is 8. The smallest absolute Gasteiger partial charge is 0.272 e. The van der Waals surface area contributed by atoms with Crippen LogP contribution in [0.15, 0.2) is 18.3 Å². The molecule has 106 valence electrons. The Morgan fingerprint density at radius 1 is 1.53 bits per heavy atom. The fourth-order valence-corrected chi connectivity index (χ4v) is 1.51. The Labute approximate surface area is 112 Å². The van der Waals surface area contributed by atoms with Gasteiger partial charge in [0.2, 0.25) is 0 Å². The molecule has 0 aromatic carbocycles. The first-order chi connectivity index (χ1) is 9.22. The van der Waals surface area contributed by atoms with Crippen molar-refractivity contribution in [2.24, 2.45) is 5.84 Å². The molecule has 0 bridgehead atoms. The van der Waals surface area contributed by atoms with E-state index in [4.69, 9.17) is 15.7 Å². The molecule has 4 N–H and O–H groups in total. The second-order valence-corrected chi connectivity index (χ2v) is 3.80. The number of hydrogen-bond acceptors (Lipinski definition) is 6. The number of carbonyl (C=O) groups excluding carboxylic acids is 1. The lowest BCUT2D eigenvalue weighted by Gasteiger charge is -2.20. The first kappa shape index (κ1) is 15.4. The first-order valence-corrected chi connectivity index (χ1v) is 6.13. The third-order valence-electron chi connectivity index (χ3n) is 2.56. The van der Waals surface area contributed by atoms with Crippen molar-refractivity contribution in [2.75, 3.05) is 38.3 Å². The van der Waals surface area contributed by atoms with Gasteiger partial charge in [-0.05, 0) is 19.1 Å². The van der Waals surface area contributed by atoms with Crippen LogP contribution in [0.2, 0.25) is 0 Å². The number of hydrogen-bond donors (Lipinski definition) is 3. The van der Waals surface area contributed by atoms with Gasteiger partial charge in [0.15, 0.2) is 0 Å². The van der Waals surface area contributed by atoms with Crippen LogP contribution in [0.3, 0.4) is 0 Å². The number of anilines is 1. The number of ether oxygens (including phenoxy) is 1. The van der Waals surface area contributed by atoms with Crippen LogP contribution in [-0.4, -0.2) is 53.8 Å². The first-order valence-electron chi connectivity index (χ1n) is 6.13. The van der Waals surface area contributed by atoms with Crippen molar-refractivity contribution < 1.29 is 14.6 Å². The van der Waals surface area contributed by atoms with Crippen molar-refractivity contribution in [3.05, 3.63) is 24.0 Å². The van der Waals surface area contributed by atoms with Gasteiger partial charge < -0.3 is 20.2 Å². The Morgan fingerprint density at radius 3 is 2.84 bits per heavy atom. The number of aliphatic hydroxyl groups excluding tert-OH is 1. The molecule has 0 atom stereocenters. The predicted molar refractivity (Wildman–Crippen MR) is 71.5 cm³/mol. The van der Waals surface area contributed by atoms with Crippen molar-refractivity contribution in [3.63, 3.8) is 0 Å². The zero-order chi connectivity index (χ0) is 14.1. The summed E-state index contributed by atoms with van der Waals surface area (Å²) >= 11 is 0. The monoisotopic (exact) mass is 268 g/mol. The molecule has 1 heterocycles. The molecule has 0 aliphatic heterocycles. The number of nitrogens with one attached hydrogen (secondary N) is 1. The largest absolute Gasteiger partial charge is 0.394 e. The summed E-state index contributed by atoms with van der Waals surface area (Å²) in [5.41, 5.74) is 3.46. The van der Waals surface area contributed by atoms with E-state index >= 15 is 0 Å². The van der Waals surface area contributed by atoms with Crippen molar-refractivity contribution in [1.82, 2.24) is 9.88 Å². The van der Waals surface area contributed by atoms with Gasteiger partial charge in [0.25, 0.3) is 5.91 Å². The fraction of sp³-hybridized carbons (Fsp3) is 0.500. The van der Waals surface area contributed by atoms with Gasteiger partial charge in [-0.25, -0.2) is 4.98 Å². The van der Waals surface area contributed by atoms with Crippen LogP contribution >= 0.6 is 0 Å². The van der Waals surface area contributed by atoms with E-state index in [0.29, 0.717) is 31.1 Å². The van der Waals surface area contributed by atoms with Gasteiger partial charge in [0, 0.05) is 13.1 Å². The van der Waals surface area contributed by atoms with Gasteiger partial charge >= 0.3 is 0 Å². The Balaban J connectivity index is 2.56. The average Bonchev–Trinajstić information content (AvgIpc) is 2.47. The highest BCUT2D eigenvalue weighted by molar-refractivity contribution is 5.92. The van der Waals surface area contributed by atoms with Crippen molar-refractivity contribution in [1.29, 1.82) is 0 Å². The summed E-state index contributed by atoms with van der Waals surface area (Å²) in [5.74, 6) is 5.08. The summed E-state index contributed by atoms with van der Waals surface area (Å²) in [7, 11) is 0. The van der Waals surface area contributed by atoms with Crippen molar-refractivity contribution in [2.45, 2.75) is 6.92 Å². The maximum Gasteiger partial charge on any atom is 0.272 e. The van der Waals surface area contributed by atoms with Crippen molar-refractivity contribution >= 4 is 11.6 Å². The number of pyridine rings is 1. The van der Waals surface area contributed by atoms with Gasteiger partial charge in [0.1, 0.15) is 5.69 Å². The second-order valence-electron chi connectivity index (χ2n) is 3.80. The van der Waals surface area contributed by atoms with E-state index in [-0.39, 0.29) is 19.1 Å². The van der Waals surface area contributed by atoms with E-state index < -0.39 is 0 Å². The summed E-state index contributed by atoms with van der Waals surface area (Å²) in [6, 6.07) is 3.31. The molecule has 0 aliphatic carbocycles. The average molecular weight is 268 g/mol. The molecule has 1 amide bonds. The third-order valence-corrected chi connectivity index (χ3v) is 2.56. The van der Waals surface area contributed by atoms with Gasteiger partial charge in [-0.2, -0.15) is 0 Å². The Bertz CT molecular complexity index is 383. The lowest BCUT2D eigenvalue weighted by molar-refractivity contribution is 0.0575. The molecule has 1 aromatic rings. The molecule has 0 saturated carbocycles. The Morgan fingerprint density at radius 2 is 2.32 bits per heavy atom. The highest BCUT2D eigenvalue weighted by Gasteiger charge is 2.14. The quantitative estimate of drug-likeness (QED) is 0.344. The highest BCUT2D eigenvalue weighted by Crippen LogP contribution is 2.07. The summed E-state index contributed by atoms with van der Waals surface area (Å²) in [6.07, 6.45) is 1.50. The van der Waals surface area contributed by atoms with Crippen LogP contribution in [0.25, 0.3) is 0 Å². The van der Waals surface area contributed by atoms with E-state index in [9.17, 15) is 4.79 Å². The van der Waals surface area contributed by atoms with Crippen LogP contribution < -0.4 is 11.3 Å². The standard InChI is InChI=1S/C12H20N4O3/c1-2-16(5-7-19-8-6-17)12(18)11-4-3-10(15-13)9-14-11/h3-4,9,15,17H,2,5-8,13H2,1H3. The van der Waals surface area contributed by atoms with E-state index in [2.05, 4.69) is 10.4 Å². The summed E-state index contributed by atoms with van der Waals surface area (Å²) in [4.78, 5) is 17.8. The normalized spacial score (nSPS) is 10.3. The number of aromatic nitrogens is 1. The number of hydrazine groups is 1. The number of amides is 1. The molecular weight excluding hydrogens is 248 g/mol. The van der Waals surface area contributed by atoms with Crippen LogP contribution in [0.4, 0.5) is 5.69 Å². The maximum atomic E-state index is 12.1. The minimum absolute atomic E-state index is 0.0187. The van der Waals surface area contributed by atoms with E-state index in [1.807, 2.05) is 6.92 Å². The number of nitrogen functional groups attached to an aromatic ring is 1. The molecular formula is C12H20N4O3. The summed E-state index contributed by atoms with van der Waals surface area (Å²) in [5, 5.41) is 8.59. The number of nitrogens with two attached hydrogens (primary N) is 1. The fourth-order valence-electron chi connectivity index (χ4n) is 1.51. The van der Waals surface area contributed by atoms with Crippen LogP contribution in [0, 0.1) is 0 Å². The number of aliphatic hydroxyl groups is 1. The zero-order valence-corrected chi connectivity index (χ0v) is 11.0. The molecule has 7 nitrogen and oxygen atoms in total. The minimum atomic E-state index is -0.154. The number of nitrogens with zero attached hydrogens (tertiary/aromatic N) is 2. The molecule has 19 heavy (non-hydrogen) atoms. The van der Waals surface area contributed by atoms with E-state index in [1.54, 1.807) is 17.0 Å². The Hall–Kier alpha value is -1.70. The van der Waals surface area contributed by atoms with Crippen LogP contribution in [-0.2, 0) is 4.74 Å².